The summed E-state index contributed by atoms with van der Waals surface area (Å²) in [6.45, 7) is 4.19. The minimum Gasteiger partial charge on any atom is -0.273 e. The highest BCUT2D eigenvalue weighted by Gasteiger charge is 2.36. The predicted molar refractivity (Wildman–Crippen MR) is 152 cm³/mol. The molecule has 1 saturated heterocycles. The number of thioether (sulfide) groups is 1. The number of alkyl halides is 3. The fourth-order valence-corrected chi connectivity index (χ4v) is 5.85. The fraction of sp³-hybridized carbons (Fsp3) is 0.185. The number of halogens is 3. The number of hydrazone groups is 1. The third kappa shape index (κ3) is 4.86. The summed E-state index contributed by atoms with van der Waals surface area (Å²) in [7, 11) is 0. The number of carbonyl (C=O) groups is 1. The standard InChI is InChI=1S/C27H20F3N7OS2/c1-15(2)18-5-3-4-6-20(18)33-25-37(22(38)13-39-25)32-12-16-7-9-19-17(11-16)8-10-21-23(19)31-14-36(21)26-35-34-24(40-26)27(28,29)30/h3-12,14-15H,13H2,1-2H3/b32-12+,33-25?. The molecule has 1 amide bonds. The lowest BCUT2D eigenvalue weighted by Crippen LogP contribution is -2.23. The Hall–Kier alpha value is -4.10. The monoisotopic (exact) mass is 579 g/mol. The molecule has 1 aliphatic rings. The van der Waals surface area contributed by atoms with E-state index in [-0.39, 0.29) is 22.7 Å². The van der Waals surface area contributed by atoms with Crippen LogP contribution in [0, 0.1) is 0 Å². The smallest absolute Gasteiger partial charge is 0.273 e. The second-order valence-corrected chi connectivity index (χ2v) is 11.2. The van der Waals surface area contributed by atoms with Gasteiger partial charge in [-0.15, -0.1) is 10.2 Å². The third-order valence-corrected chi connectivity index (χ3v) is 8.14. The van der Waals surface area contributed by atoms with Crippen LogP contribution in [0.25, 0.3) is 26.9 Å². The number of rotatable bonds is 5. The summed E-state index contributed by atoms with van der Waals surface area (Å²) >= 11 is 1.80. The zero-order chi connectivity index (χ0) is 28.0. The zero-order valence-corrected chi connectivity index (χ0v) is 22.8. The number of imidazole rings is 1. The molecular weight excluding hydrogens is 559 g/mol. The summed E-state index contributed by atoms with van der Waals surface area (Å²) in [6, 6.07) is 17.1. The van der Waals surface area contributed by atoms with E-state index in [1.807, 2.05) is 48.5 Å². The fourth-order valence-electron chi connectivity index (χ4n) is 4.34. The van der Waals surface area contributed by atoms with Gasteiger partial charge in [0, 0.05) is 5.39 Å². The van der Waals surface area contributed by atoms with E-state index in [2.05, 4.69) is 34.1 Å². The van der Waals surface area contributed by atoms with Gasteiger partial charge in [0.1, 0.15) is 6.33 Å². The van der Waals surface area contributed by atoms with Gasteiger partial charge >= 0.3 is 6.18 Å². The molecule has 40 heavy (non-hydrogen) atoms. The lowest BCUT2D eigenvalue weighted by atomic mass is 10.0. The summed E-state index contributed by atoms with van der Waals surface area (Å²) in [4.78, 5) is 21.7. The molecule has 0 bridgehead atoms. The molecule has 0 saturated carbocycles. The number of hydrogen-bond donors (Lipinski definition) is 0. The highest BCUT2D eigenvalue weighted by molar-refractivity contribution is 8.15. The van der Waals surface area contributed by atoms with Gasteiger partial charge in [-0.1, -0.05) is 73.3 Å². The highest BCUT2D eigenvalue weighted by atomic mass is 32.2. The molecule has 1 aliphatic heterocycles. The van der Waals surface area contributed by atoms with Crippen molar-refractivity contribution in [3.05, 3.63) is 77.1 Å². The molecular formula is C27H20F3N7OS2. The van der Waals surface area contributed by atoms with Crippen molar-refractivity contribution in [2.45, 2.75) is 25.9 Å². The van der Waals surface area contributed by atoms with Gasteiger partial charge in [-0.05, 0) is 40.6 Å². The number of nitrogens with zero attached hydrogens (tertiary/aromatic N) is 7. The van der Waals surface area contributed by atoms with Crippen LogP contribution < -0.4 is 0 Å². The molecule has 2 aromatic heterocycles. The minimum absolute atomic E-state index is 0.0829. The van der Waals surface area contributed by atoms with Gasteiger partial charge in [-0.2, -0.15) is 23.3 Å². The van der Waals surface area contributed by atoms with Crippen LogP contribution in [0.1, 0.15) is 35.9 Å². The van der Waals surface area contributed by atoms with Crippen LogP contribution in [0.4, 0.5) is 18.9 Å². The molecule has 0 N–H and O–H groups in total. The van der Waals surface area contributed by atoms with E-state index in [4.69, 9.17) is 4.99 Å². The maximum Gasteiger partial charge on any atom is 0.445 e. The second-order valence-electron chi connectivity index (χ2n) is 9.26. The molecule has 0 aliphatic carbocycles. The van der Waals surface area contributed by atoms with Crippen molar-refractivity contribution in [2.75, 3.05) is 5.75 Å². The number of benzene rings is 3. The van der Waals surface area contributed by atoms with E-state index >= 15 is 0 Å². The third-order valence-electron chi connectivity index (χ3n) is 6.26. The molecule has 6 rings (SSSR count). The van der Waals surface area contributed by atoms with Gasteiger partial charge in [0.25, 0.3) is 5.91 Å². The Morgan fingerprint density at radius 1 is 1.07 bits per heavy atom. The van der Waals surface area contributed by atoms with Gasteiger partial charge in [0.2, 0.25) is 10.1 Å². The van der Waals surface area contributed by atoms with Gasteiger partial charge in [-0.3, -0.25) is 9.36 Å². The first-order valence-electron chi connectivity index (χ1n) is 12.2. The Morgan fingerprint density at radius 2 is 1.90 bits per heavy atom. The van der Waals surface area contributed by atoms with Crippen LogP contribution >= 0.6 is 23.1 Å². The van der Waals surface area contributed by atoms with Gasteiger partial charge in [-0.25, -0.2) is 9.98 Å². The van der Waals surface area contributed by atoms with Crippen molar-refractivity contribution in [3.63, 3.8) is 0 Å². The van der Waals surface area contributed by atoms with Crippen molar-refractivity contribution in [1.82, 2.24) is 24.8 Å². The maximum absolute atomic E-state index is 13.0. The molecule has 1 fully saturated rings. The predicted octanol–water partition coefficient (Wildman–Crippen LogP) is 6.77. The van der Waals surface area contributed by atoms with Gasteiger partial charge in [0.15, 0.2) is 5.17 Å². The van der Waals surface area contributed by atoms with Crippen molar-refractivity contribution in [1.29, 1.82) is 0 Å². The zero-order valence-electron chi connectivity index (χ0n) is 21.1. The van der Waals surface area contributed by atoms with Crippen molar-refractivity contribution in [2.24, 2.45) is 10.1 Å². The lowest BCUT2D eigenvalue weighted by molar-refractivity contribution is -0.138. The highest BCUT2D eigenvalue weighted by Crippen LogP contribution is 2.34. The molecule has 8 nitrogen and oxygen atoms in total. The largest absolute Gasteiger partial charge is 0.445 e. The SMILES string of the molecule is CC(C)c1ccccc1N=C1SCC(=O)N1/N=C/c1ccc2c(ccc3c2ncn3-c2nnc(C(F)(F)F)s2)c1. The van der Waals surface area contributed by atoms with Crippen molar-refractivity contribution in [3.8, 4) is 5.13 Å². The average molecular weight is 580 g/mol. The normalized spacial score (nSPS) is 15.6. The first kappa shape index (κ1) is 26.1. The van der Waals surface area contributed by atoms with Crippen molar-refractivity contribution < 1.29 is 18.0 Å². The number of amides is 1. The van der Waals surface area contributed by atoms with Crippen LogP contribution in [0.5, 0.6) is 0 Å². The number of amidine groups is 1. The summed E-state index contributed by atoms with van der Waals surface area (Å²) in [5.74, 6) is 0.392. The summed E-state index contributed by atoms with van der Waals surface area (Å²) in [5.41, 5.74) is 3.90. The molecule has 0 spiro atoms. The van der Waals surface area contributed by atoms with Crippen molar-refractivity contribution >= 4 is 67.9 Å². The number of para-hydroxylation sites is 1. The molecule has 13 heteroatoms. The van der Waals surface area contributed by atoms with E-state index in [0.29, 0.717) is 27.5 Å². The molecule has 202 valence electrons. The Kier molecular flexibility index (Phi) is 6.62. The first-order chi connectivity index (χ1) is 19.2. The summed E-state index contributed by atoms with van der Waals surface area (Å²) < 4.78 is 40.5. The Balaban J connectivity index is 1.29. The van der Waals surface area contributed by atoms with E-state index in [1.54, 1.807) is 12.3 Å². The average Bonchev–Trinajstić information content (AvgIpc) is 3.66. The molecule has 5 aromatic rings. The van der Waals surface area contributed by atoms with Gasteiger partial charge < -0.3 is 0 Å². The number of aromatic nitrogens is 4. The molecule has 0 atom stereocenters. The second kappa shape index (κ2) is 10.1. The topological polar surface area (TPSA) is 88.6 Å². The van der Waals surface area contributed by atoms with Crippen LogP contribution in [-0.2, 0) is 11.0 Å². The van der Waals surface area contributed by atoms with E-state index in [0.717, 1.165) is 27.6 Å². The van der Waals surface area contributed by atoms with Gasteiger partial charge in [0.05, 0.1) is 28.7 Å². The molecule has 3 aromatic carbocycles. The summed E-state index contributed by atoms with van der Waals surface area (Å²) in [6.07, 6.45) is -1.51. The Bertz CT molecular complexity index is 1820. The quantitative estimate of drug-likeness (QED) is 0.215. The maximum atomic E-state index is 13.0. The molecule has 0 radical (unpaired) electrons. The van der Waals surface area contributed by atoms with E-state index < -0.39 is 11.2 Å². The molecule has 3 heterocycles. The van der Waals surface area contributed by atoms with Crippen LogP contribution in [-0.4, -0.2) is 47.8 Å². The van der Waals surface area contributed by atoms with Crippen LogP contribution in [0.2, 0.25) is 0 Å². The van der Waals surface area contributed by atoms with Crippen LogP contribution in [0.3, 0.4) is 0 Å². The minimum atomic E-state index is -4.56. The summed E-state index contributed by atoms with van der Waals surface area (Å²) in [5, 5.41) is 14.0. The lowest BCUT2D eigenvalue weighted by Gasteiger charge is -2.12. The van der Waals surface area contributed by atoms with E-state index in [1.165, 1.54) is 27.7 Å². The van der Waals surface area contributed by atoms with Crippen LogP contribution in [0.15, 0.2) is 71.0 Å². The Labute approximate surface area is 234 Å². The first-order valence-corrected chi connectivity index (χ1v) is 14.0. The number of carbonyl (C=O) groups excluding carboxylic acids is 1. The Morgan fingerprint density at radius 3 is 2.67 bits per heavy atom. The van der Waals surface area contributed by atoms with E-state index in [9.17, 15) is 18.0 Å². The number of hydrogen-bond acceptors (Lipinski definition) is 8. The number of fused-ring (bicyclic) bond motifs is 3. The number of aliphatic imine (C=N–C) groups is 1. The molecule has 0 unspecified atom stereocenters.